The maximum absolute atomic E-state index is 13.2. The molecule has 1 aliphatic carbocycles. The molecule has 0 spiro atoms. The smallest absolute Gasteiger partial charge is 0.229 e. The standard InChI is InChI=1S/C28H38N6O2/c1-19-22(25(35)17-20-11-14-32(2)15-12-20)9-6-10-23(19)30-28-29-18-24-27(31-28)34(21-7-4-5-8-21)16-13-26(36)33(24)3/h6,9-10,18,20-21H,4-5,7-8,11-17H2,1-3H3,(H,29,30,31). The van der Waals surface area contributed by atoms with E-state index < -0.39 is 0 Å². The summed E-state index contributed by atoms with van der Waals surface area (Å²) in [5.74, 6) is 2.06. The number of carbonyl (C=O) groups is 2. The van der Waals surface area contributed by atoms with Crippen molar-refractivity contribution in [2.24, 2.45) is 5.92 Å². The van der Waals surface area contributed by atoms with Crippen LogP contribution in [0, 0.1) is 12.8 Å². The van der Waals surface area contributed by atoms with Crippen molar-refractivity contribution in [1.82, 2.24) is 14.9 Å². The van der Waals surface area contributed by atoms with Gasteiger partial charge >= 0.3 is 0 Å². The third-order valence-corrected chi connectivity index (χ3v) is 8.28. The molecule has 192 valence electrons. The van der Waals surface area contributed by atoms with E-state index in [1.807, 2.05) is 25.1 Å². The zero-order valence-electron chi connectivity index (χ0n) is 21.8. The molecule has 1 aromatic heterocycles. The first-order chi connectivity index (χ1) is 17.4. The number of hydrogen-bond donors (Lipinski definition) is 1. The molecule has 0 unspecified atom stereocenters. The van der Waals surface area contributed by atoms with Gasteiger partial charge in [0.15, 0.2) is 11.6 Å². The van der Waals surface area contributed by atoms with Crippen molar-refractivity contribution in [2.45, 2.75) is 64.3 Å². The van der Waals surface area contributed by atoms with Crippen molar-refractivity contribution in [3.8, 4) is 0 Å². The third-order valence-electron chi connectivity index (χ3n) is 8.28. The summed E-state index contributed by atoms with van der Waals surface area (Å²) in [4.78, 5) is 41.6. The molecule has 3 aliphatic rings. The molecule has 3 heterocycles. The number of rotatable bonds is 6. The number of piperidine rings is 1. The van der Waals surface area contributed by atoms with Crippen LogP contribution in [-0.4, -0.2) is 66.3 Å². The lowest BCUT2D eigenvalue weighted by atomic mass is 9.89. The van der Waals surface area contributed by atoms with Gasteiger partial charge in [0.1, 0.15) is 5.69 Å². The number of aromatic nitrogens is 2. The number of anilines is 4. The number of fused-ring (bicyclic) bond motifs is 1. The molecule has 1 saturated carbocycles. The van der Waals surface area contributed by atoms with Crippen LogP contribution in [0.4, 0.5) is 23.1 Å². The SMILES string of the molecule is Cc1c(Nc2ncc3c(n2)N(C2CCCC2)CCC(=O)N3C)cccc1C(=O)CC1CCN(C)CC1. The summed E-state index contributed by atoms with van der Waals surface area (Å²) in [6.07, 6.45) is 9.68. The highest BCUT2D eigenvalue weighted by atomic mass is 16.2. The van der Waals surface area contributed by atoms with Gasteiger partial charge in [-0.1, -0.05) is 25.0 Å². The Morgan fingerprint density at radius 3 is 2.58 bits per heavy atom. The Hall–Kier alpha value is -3.00. The summed E-state index contributed by atoms with van der Waals surface area (Å²) < 4.78 is 0. The summed E-state index contributed by atoms with van der Waals surface area (Å²) >= 11 is 0. The highest BCUT2D eigenvalue weighted by Crippen LogP contribution is 2.36. The number of hydrogen-bond acceptors (Lipinski definition) is 7. The topological polar surface area (TPSA) is 81.7 Å². The quantitative estimate of drug-likeness (QED) is 0.595. The Bertz CT molecular complexity index is 1120. The van der Waals surface area contributed by atoms with Crippen LogP contribution in [0.2, 0.25) is 0 Å². The molecular formula is C28H38N6O2. The van der Waals surface area contributed by atoms with E-state index >= 15 is 0 Å². The number of nitrogens with one attached hydrogen (secondary N) is 1. The van der Waals surface area contributed by atoms with E-state index in [2.05, 4.69) is 27.1 Å². The van der Waals surface area contributed by atoms with Crippen LogP contribution in [-0.2, 0) is 4.79 Å². The highest BCUT2D eigenvalue weighted by Gasteiger charge is 2.32. The van der Waals surface area contributed by atoms with Crippen molar-refractivity contribution >= 4 is 34.8 Å². The monoisotopic (exact) mass is 490 g/mol. The van der Waals surface area contributed by atoms with Crippen molar-refractivity contribution < 1.29 is 9.59 Å². The first kappa shape index (κ1) is 24.7. The van der Waals surface area contributed by atoms with E-state index in [1.54, 1.807) is 18.1 Å². The summed E-state index contributed by atoms with van der Waals surface area (Å²) in [5, 5.41) is 3.37. The van der Waals surface area contributed by atoms with Crippen LogP contribution >= 0.6 is 0 Å². The van der Waals surface area contributed by atoms with Gasteiger partial charge in [0.05, 0.1) is 6.20 Å². The van der Waals surface area contributed by atoms with E-state index in [4.69, 9.17) is 4.98 Å². The Kier molecular flexibility index (Phi) is 7.23. The van der Waals surface area contributed by atoms with E-state index in [0.717, 1.165) is 67.1 Å². The zero-order chi connectivity index (χ0) is 25.2. The van der Waals surface area contributed by atoms with Crippen molar-refractivity contribution in [3.05, 3.63) is 35.5 Å². The molecule has 8 nitrogen and oxygen atoms in total. The minimum atomic E-state index is 0.0905. The van der Waals surface area contributed by atoms with Gasteiger partial charge in [0.2, 0.25) is 11.9 Å². The Morgan fingerprint density at radius 1 is 1.08 bits per heavy atom. The lowest BCUT2D eigenvalue weighted by Crippen LogP contribution is -2.34. The maximum Gasteiger partial charge on any atom is 0.229 e. The molecule has 0 bridgehead atoms. The molecule has 5 rings (SSSR count). The third kappa shape index (κ3) is 5.09. The molecule has 1 saturated heterocycles. The van der Waals surface area contributed by atoms with Gasteiger partial charge in [-0.25, -0.2) is 4.98 Å². The van der Waals surface area contributed by atoms with Gasteiger partial charge in [-0.05, 0) is 70.3 Å². The van der Waals surface area contributed by atoms with Gasteiger partial charge in [-0.3, -0.25) is 9.59 Å². The second kappa shape index (κ2) is 10.5. The van der Waals surface area contributed by atoms with Gasteiger partial charge in [0, 0.05) is 43.7 Å². The largest absolute Gasteiger partial charge is 0.351 e. The van der Waals surface area contributed by atoms with E-state index in [-0.39, 0.29) is 11.7 Å². The molecule has 8 heteroatoms. The van der Waals surface area contributed by atoms with Gasteiger partial charge in [0.25, 0.3) is 0 Å². The van der Waals surface area contributed by atoms with Crippen molar-refractivity contribution in [1.29, 1.82) is 0 Å². The van der Waals surface area contributed by atoms with Crippen LogP contribution in [0.15, 0.2) is 24.4 Å². The fourth-order valence-corrected chi connectivity index (χ4v) is 5.90. The Labute approximate surface area is 214 Å². The second-order valence-corrected chi connectivity index (χ2v) is 10.7. The molecule has 1 N–H and O–H groups in total. The van der Waals surface area contributed by atoms with E-state index in [9.17, 15) is 9.59 Å². The normalized spacial score (nSPS) is 19.9. The van der Waals surface area contributed by atoms with Crippen LogP contribution in [0.5, 0.6) is 0 Å². The Balaban J connectivity index is 1.38. The predicted molar refractivity (Wildman–Crippen MR) is 143 cm³/mol. The lowest BCUT2D eigenvalue weighted by molar-refractivity contribution is -0.118. The number of likely N-dealkylation sites (tertiary alicyclic amines) is 1. The number of amides is 1. The highest BCUT2D eigenvalue weighted by molar-refractivity contribution is 5.99. The summed E-state index contributed by atoms with van der Waals surface area (Å²) in [6.45, 7) is 4.79. The van der Waals surface area contributed by atoms with Gasteiger partial charge in [-0.2, -0.15) is 4.98 Å². The molecular weight excluding hydrogens is 452 g/mol. The molecule has 2 aliphatic heterocycles. The summed E-state index contributed by atoms with van der Waals surface area (Å²) in [5.41, 5.74) is 3.30. The number of benzene rings is 1. The predicted octanol–water partition coefficient (Wildman–Crippen LogP) is 4.56. The zero-order valence-corrected chi connectivity index (χ0v) is 21.8. The molecule has 1 aromatic carbocycles. The first-order valence-electron chi connectivity index (χ1n) is 13.4. The maximum atomic E-state index is 13.2. The number of ketones is 1. The minimum absolute atomic E-state index is 0.0905. The molecule has 0 atom stereocenters. The Morgan fingerprint density at radius 2 is 1.83 bits per heavy atom. The average Bonchev–Trinajstić information content (AvgIpc) is 3.37. The van der Waals surface area contributed by atoms with E-state index in [1.165, 1.54) is 12.8 Å². The van der Waals surface area contributed by atoms with Gasteiger partial charge < -0.3 is 20.0 Å². The minimum Gasteiger partial charge on any atom is -0.351 e. The van der Waals surface area contributed by atoms with Crippen LogP contribution in [0.25, 0.3) is 0 Å². The first-order valence-corrected chi connectivity index (χ1v) is 13.4. The lowest BCUT2D eigenvalue weighted by Gasteiger charge is -2.30. The summed E-state index contributed by atoms with van der Waals surface area (Å²) in [6, 6.07) is 6.24. The summed E-state index contributed by atoms with van der Waals surface area (Å²) in [7, 11) is 3.95. The molecule has 2 aromatic rings. The van der Waals surface area contributed by atoms with Crippen molar-refractivity contribution in [2.75, 3.05) is 48.8 Å². The average molecular weight is 491 g/mol. The number of Topliss-reactive ketones (excluding diaryl/α,β-unsaturated/α-hetero) is 1. The fourth-order valence-electron chi connectivity index (χ4n) is 5.90. The van der Waals surface area contributed by atoms with Gasteiger partial charge in [-0.15, -0.1) is 0 Å². The molecule has 0 radical (unpaired) electrons. The molecule has 36 heavy (non-hydrogen) atoms. The second-order valence-electron chi connectivity index (χ2n) is 10.7. The number of carbonyl (C=O) groups excluding carboxylic acids is 2. The fraction of sp³-hybridized carbons (Fsp3) is 0.571. The number of nitrogens with zero attached hydrogens (tertiary/aromatic N) is 5. The van der Waals surface area contributed by atoms with Crippen LogP contribution in [0.1, 0.15) is 67.3 Å². The van der Waals surface area contributed by atoms with Crippen LogP contribution < -0.4 is 15.1 Å². The molecule has 2 fully saturated rings. The van der Waals surface area contributed by atoms with Crippen LogP contribution in [0.3, 0.4) is 0 Å². The molecule has 1 amide bonds. The van der Waals surface area contributed by atoms with Crippen molar-refractivity contribution in [3.63, 3.8) is 0 Å². The van der Waals surface area contributed by atoms with E-state index in [0.29, 0.717) is 37.3 Å².